The maximum atomic E-state index is 5.81. The van der Waals surface area contributed by atoms with Crippen LogP contribution in [-0.2, 0) is 11.2 Å². The molecule has 1 saturated heterocycles. The van der Waals surface area contributed by atoms with Crippen molar-refractivity contribution in [1.82, 2.24) is 10.1 Å². The number of benzene rings is 1. The molecule has 1 aliphatic rings. The average Bonchev–Trinajstić information content (AvgIpc) is 2.87. The first-order valence-corrected chi connectivity index (χ1v) is 7.50. The maximum Gasteiger partial charge on any atom is 0.258 e. The number of hydrogen-bond acceptors (Lipinski definition) is 5. The van der Waals surface area contributed by atoms with Gasteiger partial charge in [-0.15, -0.1) is 0 Å². The Hall–Kier alpha value is -1.40. The Labute approximate surface area is 125 Å². The van der Waals surface area contributed by atoms with Crippen LogP contribution in [0.3, 0.4) is 0 Å². The number of nitrogens with two attached hydrogens (primary N) is 1. The van der Waals surface area contributed by atoms with Crippen molar-refractivity contribution in [3.8, 4) is 11.5 Å². The molecule has 0 aliphatic carbocycles. The van der Waals surface area contributed by atoms with Gasteiger partial charge in [-0.05, 0) is 37.5 Å². The zero-order valence-corrected chi connectivity index (χ0v) is 12.6. The van der Waals surface area contributed by atoms with Crippen molar-refractivity contribution in [1.29, 1.82) is 0 Å². The molecule has 20 heavy (non-hydrogen) atoms. The molecule has 0 spiro atoms. The van der Waals surface area contributed by atoms with Gasteiger partial charge >= 0.3 is 0 Å². The highest BCUT2D eigenvalue weighted by molar-refractivity contribution is 9.10. The molecule has 6 heteroatoms. The van der Waals surface area contributed by atoms with E-state index < -0.39 is 0 Å². The molecule has 5 nitrogen and oxygen atoms in total. The minimum atomic E-state index is 0.210. The van der Waals surface area contributed by atoms with Crippen LogP contribution in [0.25, 0.3) is 11.5 Å². The third-order valence-electron chi connectivity index (χ3n) is 3.32. The van der Waals surface area contributed by atoms with Gasteiger partial charge in [0.15, 0.2) is 5.82 Å². The van der Waals surface area contributed by atoms with Gasteiger partial charge in [0, 0.05) is 28.8 Å². The zero-order chi connectivity index (χ0) is 13.9. The summed E-state index contributed by atoms with van der Waals surface area (Å²) in [6, 6.07) is 5.56. The molecule has 2 N–H and O–H groups in total. The lowest BCUT2D eigenvalue weighted by Crippen LogP contribution is -2.21. The molecule has 1 aromatic carbocycles. The van der Waals surface area contributed by atoms with Crippen molar-refractivity contribution in [2.75, 3.05) is 12.3 Å². The summed E-state index contributed by atoms with van der Waals surface area (Å²) in [5.41, 5.74) is 7.29. The summed E-state index contributed by atoms with van der Waals surface area (Å²) in [7, 11) is 0. The smallest absolute Gasteiger partial charge is 0.258 e. The van der Waals surface area contributed by atoms with Crippen LogP contribution in [0.2, 0.25) is 0 Å². The number of halogens is 1. The Balaban J connectivity index is 1.75. The van der Waals surface area contributed by atoms with Crippen LogP contribution in [0.4, 0.5) is 5.69 Å². The molecule has 1 unspecified atom stereocenters. The van der Waals surface area contributed by atoms with Crippen LogP contribution in [0.5, 0.6) is 0 Å². The van der Waals surface area contributed by atoms with Crippen LogP contribution in [0.15, 0.2) is 27.2 Å². The number of aromatic nitrogens is 2. The lowest BCUT2D eigenvalue weighted by Gasteiger charge is -2.20. The van der Waals surface area contributed by atoms with E-state index in [0.29, 0.717) is 23.8 Å². The Morgan fingerprint density at radius 1 is 1.30 bits per heavy atom. The zero-order valence-electron chi connectivity index (χ0n) is 11.0. The maximum absolute atomic E-state index is 5.81. The molecule has 106 valence electrons. The van der Waals surface area contributed by atoms with E-state index in [-0.39, 0.29) is 6.10 Å². The summed E-state index contributed by atoms with van der Waals surface area (Å²) in [6.07, 6.45) is 4.32. The number of anilines is 1. The number of ether oxygens (including phenoxy) is 1. The summed E-state index contributed by atoms with van der Waals surface area (Å²) >= 11 is 3.41. The Kier molecular flexibility index (Phi) is 4.03. The fourth-order valence-electron chi connectivity index (χ4n) is 2.36. The molecule has 1 aliphatic heterocycles. The number of hydrogen-bond donors (Lipinski definition) is 1. The van der Waals surface area contributed by atoms with Gasteiger partial charge < -0.3 is 15.0 Å². The highest BCUT2D eigenvalue weighted by Gasteiger charge is 2.18. The van der Waals surface area contributed by atoms with Gasteiger partial charge in [-0.3, -0.25) is 0 Å². The van der Waals surface area contributed by atoms with Crippen molar-refractivity contribution < 1.29 is 9.26 Å². The first kappa shape index (κ1) is 13.6. The van der Waals surface area contributed by atoms with E-state index in [9.17, 15) is 0 Å². The monoisotopic (exact) mass is 337 g/mol. The van der Waals surface area contributed by atoms with E-state index in [2.05, 4.69) is 26.1 Å². The van der Waals surface area contributed by atoms with Crippen molar-refractivity contribution in [2.45, 2.75) is 31.8 Å². The summed E-state index contributed by atoms with van der Waals surface area (Å²) < 4.78 is 11.9. The summed E-state index contributed by atoms with van der Waals surface area (Å²) in [6.45, 7) is 0.831. The standard InChI is InChI=1S/C14H16BrN3O2/c15-10-5-9(6-11(16)7-10)14-17-13(18-20-14)8-12-3-1-2-4-19-12/h5-7,12H,1-4,8,16H2. The molecule has 0 radical (unpaired) electrons. The molecule has 0 saturated carbocycles. The van der Waals surface area contributed by atoms with Gasteiger partial charge in [0.25, 0.3) is 5.89 Å². The third kappa shape index (κ3) is 3.19. The third-order valence-corrected chi connectivity index (χ3v) is 3.78. The van der Waals surface area contributed by atoms with Crippen molar-refractivity contribution in [3.05, 3.63) is 28.5 Å². The SMILES string of the molecule is Nc1cc(Br)cc(-c2nc(CC3CCCCO3)no2)c1. The summed E-state index contributed by atoms with van der Waals surface area (Å²) in [4.78, 5) is 4.42. The molecule has 1 fully saturated rings. The Bertz CT molecular complexity index is 574. The highest BCUT2D eigenvalue weighted by atomic mass is 79.9. The normalized spacial score (nSPS) is 19.1. The predicted molar refractivity (Wildman–Crippen MR) is 79.1 cm³/mol. The van der Waals surface area contributed by atoms with Crippen molar-refractivity contribution in [3.63, 3.8) is 0 Å². The summed E-state index contributed by atoms with van der Waals surface area (Å²) in [5, 5.41) is 4.02. The molecule has 0 bridgehead atoms. The largest absolute Gasteiger partial charge is 0.399 e. The first-order chi connectivity index (χ1) is 9.70. The van der Waals surface area contributed by atoms with E-state index >= 15 is 0 Å². The van der Waals surface area contributed by atoms with E-state index in [1.165, 1.54) is 6.42 Å². The van der Waals surface area contributed by atoms with Gasteiger partial charge in [0.1, 0.15) is 0 Å². The molecule has 2 heterocycles. The Morgan fingerprint density at radius 2 is 2.20 bits per heavy atom. The molecular weight excluding hydrogens is 322 g/mol. The second kappa shape index (κ2) is 5.93. The van der Waals surface area contributed by atoms with Crippen LogP contribution in [-0.4, -0.2) is 22.9 Å². The summed E-state index contributed by atoms with van der Waals surface area (Å²) in [5.74, 6) is 1.18. The molecular formula is C14H16BrN3O2. The molecule has 0 amide bonds. The highest BCUT2D eigenvalue weighted by Crippen LogP contribution is 2.25. The first-order valence-electron chi connectivity index (χ1n) is 6.71. The van der Waals surface area contributed by atoms with Crippen LogP contribution in [0.1, 0.15) is 25.1 Å². The number of nitrogens with zero attached hydrogens (tertiary/aromatic N) is 2. The van der Waals surface area contributed by atoms with Crippen LogP contribution in [0, 0.1) is 0 Å². The second-order valence-electron chi connectivity index (χ2n) is 4.98. The van der Waals surface area contributed by atoms with E-state index in [1.807, 2.05) is 18.2 Å². The number of nitrogen functional groups attached to an aromatic ring is 1. The van der Waals surface area contributed by atoms with Crippen LogP contribution >= 0.6 is 15.9 Å². The predicted octanol–water partition coefficient (Wildman–Crippen LogP) is 3.19. The number of rotatable bonds is 3. The van der Waals surface area contributed by atoms with Crippen molar-refractivity contribution >= 4 is 21.6 Å². The average molecular weight is 338 g/mol. The van der Waals surface area contributed by atoms with Gasteiger partial charge in [0.2, 0.25) is 0 Å². The van der Waals surface area contributed by atoms with Crippen molar-refractivity contribution in [2.24, 2.45) is 0 Å². The molecule has 3 rings (SSSR count). The van der Waals surface area contributed by atoms with E-state index in [0.717, 1.165) is 29.5 Å². The molecule has 1 aromatic heterocycles. The minimum Gasteiger partial charge on any atom is -0.399 e. The van der Waals surface area contributed by atoms with Gasteiger partial charge in [0.05, 0.1) is 6.10 Å². The topological polar surface area (TPSA) is 74.2 Å². The Morgan fingerprint density at radius 3 is 2.95 bits per heavy atom. The fourth-order valence-corrected chi connectivity index (χ4v) is 2.87. The molecule has 1 atom stereocenters. The van der Waals surface area contributed by atoms with E-state index in [4.69, 9.17) is 15.0 Å². The second-order valence-corrected chi connectivity index (χ2v) is 5.90. The quantitative estimate of drug-likeness (QED) is 0.870. The van der Waals surface area contributed by atoms with Gasteiger partial charge in [-0.2, -0.15) is 4.98 Å². The minimum absolute atomic E-state index is 0.210. The van der Waals surface area contributed by atoms with Gasteiger partial charge in [-0.1, -0.05) is 21.1 Å². The lowest BCUT2D eigenvalue weighted by atomic mass is 10.1. The van der Waals surface area contributed by atoms with Gasteiger partial charge in [-0.25, -0.2) is 0 Å². The van der Waals surface area contributed by atoms with E-state index in [1.54, 1.807) is 0 Å². The molecule has 2 aromatic rings. The fraction of sp³-hybridized carbons (Fsp3) is 0.429. The lowest BCUT2D eigenvalue weighted by molar-refractivity contribution is 0.0153. The van der Waals surface area contributed by atoms with Crippen LogP contribution < -0.4 is 5.73 Å².